The fourth-order valence-corrected chi connectivity index (χ4v) is 2.84. The average Bonchev–Trinajstić information content (AvgIpc) is 2.28. The molecule has 0 aromatic rings. The van der Waals surface area contributed by atoms with E-state index in [4.69, 9.17) is 16.4 Å². The molecule has 0 aromatic carbocycles. The van der Waals surface area contributed by atoms with E-state index >= 15 is 0 Å². The quantitative estimate of drug-likeness (QED) is 0.497. The largest absolute Gasteiger partial charge is 0.391 e. The molecule has 3 unspecified atom stereocenters. The van der Waals surface area contributed by atoms with Gasteiger partial charge >= 0.3 is 0 Å². The number of aliphatic hydroxyl groups excluding tert-OH is 1. The lowest BCUT2D eigenvalue weighted by Crippen LogP contribution is -2.44. The lowest BCUT2D eigenvalue weighted by Gasteiger charge is -2.41. The van der Waals surface area contributed by atoms with Crippen molar-refractivity contribution < 1.29 is 9.94 Å². The molecule has 0 aromatic heterocycles. The lowest BCUT2D eigenvalue weighted by molar-refractivity contribution is -0.126. The van der Waals surface area contributed by atoms with Crippen LogP contribution < -0.4 is 5.48 Å². The van der Waals surface area contributed by atoms with Crippen LogP contribution in [0, 0.1) is 5.41 Å². The zero-order valence-corrected chi connectivity index (χ0v) is 12.6. The molecule has 4 heteroatoms. The number of nitrogens with one attached hydrogen (secondary N) is 1. The lowest BCUT2D eigenvalue weighted by atomic mass is 9.72. The van der Waals surface area contributed by atoms with E-state index in [0.29, 0.717) is 0 Å². The fourth-order valence-electron chi connectivity index (χ4n) is 2.46. The van der Waals surface area contributed by atoms with Crippen molar-refractivity contribution in [3.63, 3.8) is 0 Å². The first-order valence-electron chi connectivity index (χ1n) is 6.46. The number of halogens is 1. The Hall–Kier alpha value is 0.170. The maximum Gasteiger partial charge on any atom is 0.0872 e. The van der Waals surface area contributed by atoms with Crippen molar-refractivity contribution in [2.75, 3.05) is 12.9 Å². The molecular weight excluding hydrogens is 238 g/mol. The molecule has 2 N–H and O–H groups in total. The summed E-state index contributed by atoms with van der Waals surface area (Å²) in [7, 11) is 1.77. The van der Waals surface area contributed by atoms with Crippen LogP contribution in [0.1, 0.15) is 53.4 Å². The highest BCUT2D eigenvalue weighted by molar-refractivity contribution is 6.18. The van der Waals surface area contributed by atoms with Gasteiger partial charge in [0, 0.05) is 12.9 Å². The van der Waals surface area contributed by atoms with Gasteiger partial charge in [0.15, 0.2) is 0 Å². The summed E-state index contributed by atoms with van der Waals surface area (Å²) < 4.78 is 0. The van der Waals surface area contributed by atoms with Gasteiger partial charge in [0.2, 0.25) is 0 Å². The smallest absolute Gasteiger partial charge is 0.0872 e. The minimum Gasteiger partial charge on any atom is -0.391 e. The zero-order chi connectivity index (χ0) is 13.5. The molecule has 0 spiro atoms. The van der Waals surface area contributed by atoms with E-state index in [1.807, 2.05) is 0 Å². The Bertz CT molecular complexity index is 216. The number of hydrogen-bond donors (Lipinski definition) is 2. The van der Waals surface area contributed by atoms with Crippen LogP contribution >= 0.6 is 11.6 Å². The first-order chi connectivity index (χ1) is 7.87. The standard InChI is InChI=1S/C13H28ClNO2/c1-6-8-12(3,11(16)9-14)10-13(4,7-2)17-15-5/h11,15-16H,6-10H2,1-5H3. The van der Waals surface area contributed by atoms with Gasteiger partial charge in [-0.3, -0.25) is 4.84 Å². The Morgan fingerprint density at radius 2 is 1.94 bits per heavy atom. The summed E-state index contributed by atoms with van der Waals surface area (Å²) in [5, 5.41) is 10.1. The second-order valence-electron chi connectivity index (χ2n) is 5.36. The minimum absolute atomic E-state index is 0.196. The summed E-state index contributed by atoms with van der Waals surface area (Å²) in [5.41, 5.74) is 2.30. The molecule has 0 aliphatic rings. The number of hydrogen-bond acceptors (Lipinski definition) is 3. The molecule has 0 fully saturated rings. The molecule has 0 heterocycles. The van der Waals surface area contributed by atoms with Gasteiger partial charge in [-0.2, -0.15) is 0 Å². The van der Waals surface area contributed by atoms with Crippen LogP contribution in [0.15, 0.2) is 0 Å². The Balaban J connectivity index is 4.82. The number of rotatable bonds is 9. The van der Waals surface area contributed by atoms with Crippen LogP contribution in [0.25, 0.3) is 0 Å². The van der Waals surface area contributed by atoms with E-state index in [1.165, 1.54) is 0 Å². The minimum atomic E-state index is -0.490. The predicted molar refractivity (Wildman–Crippen MR) is 73.2 cm³/mol. The molecule has 0 aliphatic carbocycles. The van der Waals surface area contributed by atoms with Gasteiger partial charge in [-0.25, -0.2) is 5.48 Å². The summed E-state index contributed by atoms with van der Waals surface area (Å²) in [6, 6.07) is 0. The van der Waals surface area contributed by atoms with Gasteiger partial charge in [0.1, 0.15) is 0 Å². The second kappa shape index (κ2) is 7.57. The Morgan fingerprint density at radius 1 is 1.35 bits per heavy atom. The van der Waals surface area contributed by atoms with Gasteiger partial charge < -0.3 is 5.11 Å². The van der Waals surface area contributed by atoms with Crippen LogP contribution in [-0.2, 0) is 4.84 Å². The summed E-state index contributed by atoms with van der Waals surface area (Å²) in [6.07, 6.45) is 3.17. The van der Waals surface area contributed by atoms with Gasteiger partial charge in [-0.1, -0.05) is 27.2 Å². The van der Waals surface area contributed by atoms with Crippen molar-refractivity contribution in [2.24, 2.45) is 5.41 Å². The van der Waals surface area contributed by atoms with E-state index in [-0.39, 0.29) is 16.9 Å². The molecule has 3 nitrogen and oxygen atoms in total. The van der Waals surface area contributed by atoms with E-state index in [2.05, 4.69) is 33.2 Å². The molecule has 0 saturated carbocycles. The molecule has 17 heavy (non-hydrogen) atoms. The van der Waals surface area contributed by atoms with Crippen molar-refractivity contribution in [3.8, 4) is 0 Å². The van der Waals surface area contributed by atoms with E-state index < -0.39 is 6.10 Å². The first-order valence-corrected chi connectivity index (χ1v) is 6.99. The Labute approximate surface area is 111 Å². The normalized spacial score (nSPS) is 20.6. The maximum atomic E-state index is 10.1. The van der Waals surface area contributed by atoms with Crippen LogP contribution in [0.5, 0.6) is 0 Å². The van der Waals surface area contributed by atoms with E-state index in [0.717, 1.165) is 25.7 Å². The Morgan fingerprint density at radius 3 is 2.29 bits per heavy atom. The summed E-state index contributed by atoms with van der Waals surface area (Å²) >= 11 is 5.81. The van der Waals surface area contributed by atoms with E-state index in [9.17, 15) is 5.11 Å². The van der Waals surface area contributed by atoms with Crippen LogP contribution in [-0.4, -0.2) is 29.7 Å². The second-order valence-corrected chi connectivity index (χ2v) is 5.67. The molecule has 0 rings (SSSR count). The molecule has 104 valence electrons. The first kappa shape index (κ1) is 17.2. The third kappa shape index (κ3) is 5.12. The fraction of sp³-hybridized carbons (Fsp3) is 1.00. The third-order valence-corrected chi connectivity index (χ3v) is 3.94. The summed E-state index contributed by atoms with van der Waals surface area (Å²) in [6.45, 7) is 8.38. The molecule has 0 bridgehead atoms. The summed E-state index contributed by atoms with van der Waals surface area (Å²) in [4.78, 5) is 5.61. The van der Waals surface area contributed by atoms with E-state index in [1.54, 1.807) is 7.05 Å². The molecule has 0 radical (unpaired) electrons. The van der Waals surface area contributed by atoms with Gasteiger partial charge in [-0.15, -0.1) is 11.6 Å². The Kier molecular flexibility index (Phi) is 7.65. The van der Waals surface area contributed by atoms with Gasteiger partial charge in [0.05, 0.1) is 11.7 Å². The van der Waals surface area contributed by atoms with Crippen LogP contribution in [0.4, 0.5) is 0 Å². The maximum absolute atomic E-state index is 10.1. The predicted octanol–water partition coefficient (Wildman–Crippen LogP) is 3.10. The number of aliphatic hydroxyl groups is 1. The highest BCUT2D eigenvalue weighted by atomic mass is 35.5. The van der Waals surface area contributed by atoms with Crippen molar-refractivity contribution in [3.05, 3.63) is 0 Å². The summed E-state index contributed by atoms with van der Waals surface area (Å²) in [5.74, 6) is 0.274. The molecule has 0 amide bonds. The van der Waals surface area contributed by atoms with Gasteiger partial charge in [-0.05, 0) is 31.6 Å². The highest BCUT2D eigenvalue weighted by Gasteiger charge is 2.39. The van der Waals surface area contributed by atoms with Crippen molar-refractivity contribution in [2.45, 2.75) is 65.1 Å². The van der Waals surface area contributed by atoms with Gasteiger partial charge in [0.25, 0.3) is 0 Å². The monoisotopic (exact) mass is 265 g/mol. The topological polar surface area (TPSA) is 41.5 Å². The highest BCUT2D eigenvalue weighted by Crippen LogP contribution is 2.39. The van der Waals surface area contributed by atoms with Crippen LogP contribution in [0.3, 0.4) is 0 Å². The molecule has 3 atom stereocenters. The number of alkyl halides is 1. The number of hydroxylamine groups is 1. The van der Waals surface area contributed by atoms with Crippen molar-refractivity contribution in [1.82, 2.24) is 5.48 Å². The van der Waals surface area contributed by atoms with Crippen molar-refractivity contribution >= 4 is 11.6 Å². The molecule has 0 aliphatic heterocycles. The van der Waals surface area contributed by atoms with Crippen LogP contribution in [0.2, 0.25) is 0 Å². The molecular formula is C13H28ClNO2. The zero-order valence-electron chi connectivity index (χ0n) is 11.8. The molecule has 0 saturated heterocycles. The third-order valence-electron chi connectivity index (χ3n) is 3.65. The average molecular weight is 266 g/mol. The SMILES string of the molecule is CCCC(C)(CC(C)(CC)ONC)C(O)CCl. The van der Waals surface area contributed by atoms with Crippen molar-refractivity contribution in [1.29, 1.82) is 0 Å².